The third-order valence-corrected chi connectivity index (χ3v) is 4.31. The summed E-state index contributed by atoms with van der Waals surface area (Å²) in [4.78, 5) is 0. The molecule has 0 saturated carbocycles. The van der Waals surface area contributed by atoms with Crippen molar-refractivity contribution in [1.82, 2.24) is 5.32 Å². The van der Waals surface area contributed by atoms with Crippen LogP contribution in [0.25, 0.3) is 0 Å². The Bertz CT molecular complexity index is 410. The van der Waals surface area contributed by atoms with Gasteiger partial charge in [-0.25, -0.2) is 0 Å². The third kappa shape index (κ3) is 5.54. The van der Waals surface area contributed by atoms with Gasteiger partial charge in [0.2, 0.25) is 0 Å². The van der Waals surface area contributed by atoms with Crippen LogP contribution in [0.1, 0.15) is 50.3 Å². The van der Waals surface area contributed by atoms with Crippen molar-refractivity contribution in [3.63, 3.8) is 0 Å². The smallest absolute Gasteiger partial charge is 0.0440 e. The lowest BCUT2D eigenvalue weighted by Gasteiger charge is -2.25. The highest BCUT2D eigenvalue weighted by Crippen LogP contribution is 2.29. The summed E-state index contributed by atoms with van der Waals surface area (Å²) < 4.78 is 0. The van der Waals surface area contributed by atoms with E-state index in [-0.39, 0.29) is 0 Å². The van der Waals surface area contributed by atoms with Crippen molar-refractivity contribution in [2.24, 2.45) is 5.41 Å². The van der Waals surface area contributed by atoms with E-state index in [9.17, 15) is 0 Å². The van der Waals surface area contributed by atoms with Crippen LogP contribution in [0.15, 0.2) is 12.1 Å². The Morgan fingerprint density at radius 3 is 2.37 bits per heavy atom. The molecular formula is C17H28ClN. The van der Waals surface area contributed by atoms with Crippen LogP contribution in [0.5, 0.6) is 0 Å². The number of rotatable bonds is 7. The molecule has 1 nitrogen and oxygen atoms in total. The van der Waals surface area contributed by atoms with Gasteiger partial charge in [-0.15, -0.1) is 0 Å². The Balaban J connectivity index is 2.58. The molecule has 0 bridgehead atoms. The molecule has 0 saturated heterocycles. The quantitative estimate of drug-likeness (QED) is 0.700. The monoisotopic (exact) mass is 281 g/mol. The maximum Gasteiger partial charge on any atom is 0.0440 e. The van der Waals surface area contributed by atoms with Crippen LogP contribution >= 0.6 is 11.6 Å². The molecule has 0 amide bonds. The van der Waals surface area contributed by atoms with Gasteiger partial charge in [-0.3, -0.25) is 0 Å². The van der Waals surface area contributed by atoms with Crippen LogP contribution in [0.2, 0.25) is 5.02 Å². The average molecular weight is 282 g/mol. The first-order valence-electron chi connectivity index (χ1n) is 7.32. The number of hydrogen-bond donors (Lipinski definition) is 1. The molecule has 1 aromatic rings. The van der Waals surface area contributed by atoms with Crippen LogP contribution in [-0.4, -0.2) is 13.1 Å². The molecule has 0 aliphatic heterocycles. The van der Waals surface area contributed by atoms with Crippen molar-refractivity contribution in [2.45, 2.75) is 53.9 Å². The summed E-state index contributed by atoms with van der Waals surface area (Å²) in [7, 11) is 0. The minimum absolute atomic E-state index is 0.365. The van der Waals surface area contributed by atoms with E-state index in [1.165, 1.54) is 29.5 Å². The SMILES string of the molecule is CCNCCC(C)(C)CCc1cc(C)c(C)cc1Cl. The topological polar surface area (TPSA) is 12.0 Å². The van der Waals surface area contributed by atoms with Gasteiger partial charge in [-0.05, 0) is 74.4 Å². The van der Waals surface area contributed by atoms with Crippen molar-refractivity contribution in [1.29, 1.82) is 0 Å². The molecule has 0 aliphatic carbocycles. The van der Waals surface area contributed by atoms with E-state index in [0.717, 1.165) is 24.5 Å². The molecular weight excluding hydrogens is 254 g/mol. The molecule has 0 atom stereocenters. The minimum Gasteiger partial charge on any atom is -0.317 e. The summed E-state index contributed by atoms with van der Waals surface area (Å²) >= 11 is 6.34. The maximum absolute atomic E-state index is 6.34. The number of benzene rings is 1. The van der Waals surface area contributed by atoms with Gasteiger partial charge in [0.25, 0.3) is 0 Å². The fourth-order valence-corrected chi connectivity index (χ4v) is 2.55. The van der Waals surface area contributed by atoms with E-state index in [1.807, 2.05) is 0 Å². The molecule has 19 heavy (non-hydrogen) atoms. The van der Waals surface area contributed by atoms with Crippen molar-refractivity contribution < 1.29 is 0 Å². The lowest BCUT2D eigenvalue weighted by molar-refractivity contribution is 0.303. The summed E-state index contributed by atoms with van der Waals surface area (Å²) in [5.74, 6) is 0. The fraction of sp³-hybridized carbons (Fsp3) is 0.647. The second-order valence-electron chi connectivity index (χ2n) is 6.30. The van der Waals surface area contributed by atoms with Crippen molar-refractivity contribution in [3.05, 3.63) is 33.8 Å². The van der Waals surface area contributed by atoms with Gasteiger partial charge >= 0.3 is 0 Å². The molecule has 0 heterocycles. The molecule has 0 aromatic heterocycles. The van der Waals surface area contributed by atoms with Crippen molar-refractivity contribution in [3.8, 4) is 0 Å². The molecule has 0 fully saturated rings. The van der Waals surface area contributed by atoms with E-state index in [1.54, 1.807) is 0 Å². The van der Waals surface area contributed by atoms with E-state index < -0.39 is 0 Å². The Labute approximate surface area is 123 Å². The minimum atomic E-state index is 0.365. The molecule has 2 heteroatoms. The second kappa shape index (κ2) is 7.31. The van der Waals surface area contributed by atoms with Crippen LogP contribution in [-0.2, 0) is 6.42 Å². The second-order valence-corrected chi connectivity index (χ2v) is 6.70. The van der Waals surface area contributed by atoms with E-state index in [2.05, 4.69) is 52.1 Å². The van der Waals surface area contributed by atoms with Gasteiger partial charge in [-0.2, -0.15) is 0 Å². The van der Waals surface area contributed by atoms with Gasteiger partial charge < -0.3 is 5.32 Å². The molecule has 1 N–H and O–H groups in total. The van der Waals surface area contributed by atoms with Gasteiger partial charge in [-0.1, -0.05) is 38.4 Å². The Morgan fingerprint density at radius 2 is 1.74 bits per heavy atom. The Morgan fingerprint density at radius 1 is 1.11 bits per heavy atom. The van der Waals surface area contributed by atoms with Crippen LogP contribution in [0.4, 0.5) is 0 Å². The molecule has 0 radical (unpaired) electrons. The first kappa shape index (κ1) is 16.5. The van der Waals surface area contributed by atoms with Gasteiger partial charge in [0.1, 0.15) is 0 Å². The van der Waals surface area contributed by atoms with Crippen LogP contribution < -0.4 is 5.32 Å². The van der Waals surface area contributed by atoms with Crippen molar-refractivity contribution >= 4 is 11.6 Å². The zero-order valence-electron chi connectivity index (χ0n) is 13.1. The van der Waals surface area contributed by atoms with Gasteiger partial charge in [0, 0.05) is 5.02 Å². The molecule has 1 aromatic carbocycles. The number of aryl methyl sites for hydroxylation is 3. The lowest BCUT2D eigenvalue weighted by atomic mass is 9.83. The number of hydrogen-bond acceptors (Lipinski definition) is 1. The summed E-state index contributed by atoms with van der Waals surface area (Å²) in [6.45, 7) is 13.3. The summed E-state index contributed by atoms with van der Waals surface area (Å²) in [5, 5.41) is 4.33. The predicted molar refractivity (Wildman–Crippen MR) is 86.2 cm³/mol. The molecule has 0 unspecified atom stereocenters. The fourth-order valence-electron chi connectivity index (χ4n) is 2.23. The molecule has 108 valence electrons. The van der Waals surface area contributed by atoms with Crippen molar-refractivity contribution in [2.75, 3.05) is 13.1 Å². The highest BCUT2D eigenvalue weighted by atomic mass is 35.5. The first-order valence-corrected chi connectivity index (χ1v) is 7.70. The molecule has 0 aliphatic rings. The summed E-state index contributed by atoms with van der Waals surface area (Å²) in [6.07, 6.45) is 3.46. The zero-order valence-corrected chi connectivity index (χ0v) is 13.8. The number of nitrogens with one attached hydrogen (secondary N) is 1. The lowest BCUT2D eigenvalue weighted by Crippen LogP contribution is -2.22. The zero-order chi connectivity index (χ0) is 14.5. The maximum atomic E-state index is 6.34. The van der Waals surface area contributed by atoms with E-state index >= 15 is 0 Å². The summed E-state index contributed by atoms with van der Waals surface area (Å²) in [5.41, 5.74) is 4.27. The summed E-state index contributed by atoms with van der Waals surface area (Å²) in [6, 6.07) is 4.34. The van der Waals surface area contributed by atoms with Crippen LogP contribution in [0.3, 0.4) is 0 Å². The van der Waals surface area contributed by atoms with E-state index in [0.29, 0.717) is 5.41 Å². The predicted octanol–water partition coefficient (Wildman–Crippen LogP) is 4.92. The average Bonchev–Trinajstić information content (AvgIpc) is 2.32. The Kier molecular flexibility index (Phi) is 6.35. The molecule has 1 rings (SSSR count). The first-order chi connectivity index (χ1) is 8.85. The third-order valence-electron chi connectivity index (χ3n) is 3.96. The normalized spacial score (nSPS) is 11.9. The Hall–Kier alpha value is -0.530. The van der Waals surface area contributed by atoms with Crippen LogP contribution in [0, 0.1) is 19.3 Å². The van der Waals surface area contributed by atoms with Gasteiger partial charge in [0.05, 0.1) is 0 Å². The van der Waals surface area contributed by atoms with Gasteiger partial charge in [0.15, 0.2) is 0 Å². The molecule has 0 spiro atoms. The highest BCUT2D eigenvalue weighted by Gasteiger charge is 2.18. The largest absolute Gasteiger partial charge is 0.317 e. The standard InChI is InChI=1S/C17H28ClN/c1-6-19-10-9-17(4,5)8-7-15-11-13(2)14(3)12-16(15)18/h11-12,19H,6-10H2,1-5H3. The number of halogens is 1. The highest BCUT2D eigenvalue weighted by molar-refractivity contribution is 6.31. The van der Waals surface area contributed by atoms with E-state index in [4.69, 9.17) is 11.6 Å².